The maximum atomic E-state index is 9.10. The summed E-state index contributed by atoms with van der Waals surface area (Å²) in [6.07, 6.45) is 3.27. The summed E-state index contributed by atoms with van der Waals surface area (Å²) in [5, 5.41) is 10.4. The minimum Gasteiger partial charge on any atom is -0.439 e. The fourth-order valence-electron chi connectivity index (χ4n) is 1.10. The van der Waals surface area contributed by atoms with Crippen LogP contribution in [0.1, 0.15) is 11.3 Å². The van der Waals surface area contributed by atoms with Gasteiger partial charge in [-0.3, -0.25) is 0 Å². The molecule has 1 N–H and O–H groups in total. The van der Waals surface area contributed by atoms with Gasteiger partial charge in [-0.1, -0.05) is 6.07 Å². The number of aromatic nitrogens is 2. The van der Waals surface area contributed by atoms with Gasteiger partial charge in [0.1, 0.15) is 11.3 Å². The Morgan fingerprint density at radius 1 is 1.53 bits per heavy atom. The highest BCUT2D eigenvalue weighted by Gasteiger charge is 2.08. The molecule has 2 rings (SSSR count). The third-order valence-electron chi connectivity index (χ3n) is 1.80. The van der Waals surface area contributed by atoms with Crippen molar-refractivity contribution in [3.63, 3.8) is 0 Å². The fourth-order valence-corrected chi connectivity index (χ4v) is 1.93. The van der Waals surface area contributed by atoms with E-state index in [9.17, 15) is 0 Å². The maximum Gasteiger partial charge on any atom is 0.262 e. The van der Waals surface area contributed by atoms with Crippen LogP contribution < -0.4 is 0 Å². The molecule has 2 heterocycles. The van der Waals surface area contributed by atoms with E-state index in [4.69, 9.17) is 9.52 Å². The van der Waals surface area contributed by atoms with Crippen LogP contribution in [0.5, 0.6) is 0 Å². The van der Waals surface area contributed by atoms with E-state index in [0.29, 0.717) is 5.22 Å². The summed E-state index contributed by atoms with van der Waals surface area (Å²) in [5.74, 6) is 0. The summed E-state index contributed by atoms with van der Waals surface area (Å²) >= 11 is 1.31. The molecule has 0 saturated carbocycles. The Labute approximate surface area is 91.4 Å². The Hall–Kier alpha value is -1.33. The predicted octanol–water partition coefficient (Wildman–Crippen LogP) is 2.02. The van der Waals surface area contributed by atoms with Crippen LogP contribution in [-0.4, -0.2) is 15.1 Å². The largest absolute Gasteiger partial charge is 0.439 e. The molecular weight excluding hydrogens is 212 g/mol. The van der Waals surface area contributed by atoms with Gasteiger partial charge >= 0.3 is 0 Å². The molecule has 4 nitrogen and oxygen atoms in total. The number of hydrogen-bond donors (Lipinski definition) is 1. The predicted molar refractivity (Wildman–Crippen MR) is 55.5 cm³/mol. The van der Waals surface area contributed by atoms with Crippen LogP contribution in [0, 0.1) is 6.92 Å². The molecule has 0 spiro atoms. The molecule has 0 bridgehead atoms. The minimum atomic E-state index is -0.0319. The number of pyridine rings is 1. The van der Waals surface area contributed by atoms with Crippen molar-refractivity contribution in [3.05, 3.63) is 35.9 Å². The van der Waals surface area contributed by atoms with Crippen molar-refractivity contribution < 1.29 is 9.52 Å². The normalized spacial score (nSPS) is 10.5. The van der Waals surface area contributed by atoms with E-state index in [-0.39, 0.29) is 6.61 Å². The molecule has 0 atom stereocenters. The highest BCUT2D eigenvalue weighted by molar-refractivity contribution is 7.99. The standard InChI is InChI=1S/C10H10N2O2S/c1-7-6-14-10(12-7)15-9-8(5-13)3-2-4-11-9/h2-4,6,13H,5H2,1H3. The Balaban J connectivity index is 2.23. The summed E-state index contributed by atoms with van der Waals surface area (Å²) in [6, 6.07) is 3.61. The SMILES string of the molecule is Cc1coc(Sc2ncccc2CO)n1. The van der Waals surface area contributed by atoms with Gasteiger partial charge < -0.3 is 9.52 Å². The van der Waals surface area contributed by atoms with Crippen LogP contribution in [0.2, 0.25) is 0 Å². The zero-order valence-corrected chi connectivity index (χ0v) is 8.99. The van der Waals surface area contributed by atoms with Gasteiger partial charge in [0.2, 0.25) is 0 Å². The van der Waals surface area contributed by atoms with E-state index >= 15 is 0 Å². The molecule has 0 aliphatic carbocycles. The molecule has 0 fully saturated rings. The quantitative estimate of drug-likeness (QED) is 0.861. The van der Waals surface area contributed by atoms with Crippen LogP contribution in [0.3, 0.4) is 0 Å². The average Bonchev–Trinajstić information content (AvgIpc) is 2.65. The second kappa shape index (κ2) is 4.46. The number of rotatable bonds is 3. The first kappa shape index (κ1) is 10.2. The van der Waals surface area contributed by atoms with E-state index in [1.54, 1.807) is 18.5 Å². The van der Waals surface area contributed by atoms with Crippen LogP contribution in [0.15, 0.2) is 39.3 Å². The molecule has 0 amide bonds. The van der Waals surface area contributed by atoms with Gasteiger partial charge in [0, 0.05) is 11.8 Å². The molecule has 78 valence electrons. The molecule has 0 saturated heterocycles. The Morgan fingerprint density at radius 3 is 3.07 bits per heavy atom. The molecule has 2 aromatic heterocycles. The second-order valence-corrected chi connectivity index (χ2v) is 3.92. The third kappa shape index (κ3) is 2.37. The van der Waals surface area contributed by atoms with Crippen molar-refractivity contribution in [2.45, 2.75) is 23.8 Å². The Kier molecular flexibility index (Phi) is 3.03. The topological polar surface area (TPSA) is 59.2 Å². The highest BCUT2D eigenvalue weighted by atomic mass is 32.2. The molecule has 0 aromatic carbocycles. The molecule has 0 aliphatic rings. The van der Waals surface area contributed by atoms with Crippen molar-refractivity contribution in [2.75, 3.05) is 0 Å². The lowest BCUT2D eigenvalue weighted by Gasteiger charge is -2.01. The number of aliphatic hydroxyl groups is 1. The Morgan fingerprint density at radius 2 is 2.40 bits per heavy atom. The smallest absolute Gasteiger partial charge is 0.262 e. The van der Waals surface area contributed by atoms with Crippen LogP contribution in [0.4, 0.5) is 0 Å². The molecular formula is C10H10N2O2S. The van der Waals surface area contributed by atoms with E-state index in [0.717, 1.165) is 16.3 Å². The summed E-state index contributed by atoms with van der Waals surface area (Å²) in [4.78, 5) is 8.31. The van der Waals surface area contributed by atoms with Crippen LogP contribution in [-0.2, 0) is 6.61 Å². The zero-order valence-electron chi connectivity index (χ0n) is 8.17. The summed E-state index contributed by atoms with van der Waals surface area (Å²) in [5.41, 5.74) is 1.61. The molecule has 15 heavy (non-hydrogen) atoms. The molecule has 0 unspecified atom stereocenters. The van der Waals surface area contributed by atoms with E-state index in [1.807, 2.05) is 13.0 Å². The summed E-state index contributed by atoms with van der Waals surface area (Å²) < 4.78 is 5.20. The number of aryl methyl sites for hydroxylation is 1. The lowest BCUT2D eigenvalue weighted by atomic mass is 10.3. The van der Waals surface area contributed by atoms with Crippen molar-refractivity contribution in [1.82, 2.24) is 9.97 Å². The van der Waals surface area contributed by atoms with Crippen molar-refractivity contribution in [1.29, 1.82) is 0 Å². The van der Waals surface area contributed by atoms with E-state index < -0.39 is 0 Å². The third-order valence-corrected chi connectivity index (χ3v) is 2.73. The van der Waals surface area contributed by atoms with Gasteiger partial charge in [-0.15, -0.1) is 0 Å². The first-order valence-corrected chi connectivity index (χ1v) is 5.26. The lowest BCUT2D eigenvalue weighted by molar-refractivity contribution is 0.278. The average molecular weight is 222 g/mol. The van der Waals surface area contributed by atoms with Gasteiger partial charge in [0.05, 0.1) is 12.3 Å². The van der Waals surface area contributed by atoms with Gasteiger partial charge in [0.15, 0.2) is 0 Å². The maximum absolute atomic E-state index is 9.10. The first-order valence-electron chi connectivity index (χ1n) is 4.44. The van der Waals surface area contributed by atoms with Gasteiger partial charge in [-0.25, -0.2) is 9.97 Å². The second-order valence-electron chi connectivity index (χ2n) is 2.98. The monoisotopic (exact) mass is 222 g/mol. The van der Waals surface area contributed by atoms with Crippen LogP contribution >= 0.6 is 11.8 Å². The number of oxazole rings is 1. The number of nitrogens with zero attached hydrogens (tertiary/aromatic N) is 2. The fraction of sp³-hybridized carbons (Fsp3) is 0.200. The highest BCUT2D eigenvalue weighted by Crippen LogP contribution is 2.27. The Bertz CT molecular complexity index is 456. The number of aliphatic hydroxyl groups excluding tert-OH is 1. The minimum absolute atomic E-state index is 0.0319. The summed E-state index contributed by atoms with van der Waals surface area (Å²) in [6.45, 7) is 1.83. The van der Waals surface area contributed by atoms with Gasteiger partial charge in [-0.05, 0) is 24.8 Å². The molecule has 0 aliphatic heterocycles. The molecule has 2 aromatic rings. The van der Waals surface area contributed by atoms with Crippen molar-refractivity contribution in [2.24, 2.45) is 0 Å². The van der Waals surface area contributed by atoms with Gasteiger partial charge in [0.25, 0.3) is 5.22 Å². The summed E-state index contributed by atoms with van der Waals surface area (Å²) in [7, 11) is 0. The van der Waals surface area contributed by atoms with Crippen LogP contribution in [0.25, 0.3) is 0 Å². The van der Waals surface area contributed by atoms with Crippen molar-refractivity contribution >= 4 is 11.8 Å². The number of hydrogen-bond acceptors (Lipinski definition) is 5. The zero-order chi connectivity index (χ0) is 10.7. The van der Waals surface area contributed by atoms with Crippen molar-refractivity contribution in [3.8, 4) is 0 Å². The molecule has 0 radical (unpaired) electrons. The van der Waals surface area contributed by atoms with E-state index in [1.165, 1.54) is 11.8 Å². The lowest BCUT2D eigenvalue weighted by Crippen LogP contribution is -1.90. The van der Waals surface area contributed by atoms with Gasteiger partial charge in [-0.2, -0.15) is 0 Å². The van der Waals surface area contributed by atoms with E-state index in [2.05, 4.69) is 9.97 Å². The molecule has 5 heteroatoms. The first-order chi connectivity index (χ1) is 7.29.